The summed E-state index contributed by atoms with van der Waals surface area (Å²) in [7, 11) is -1.28. The van der Waals surface area contributed by atoms with E-state index in [2.05, 4.69) is 9.97 Å². The van der Waals surface area contributed by atoms with Crippen molar-refractivity contribution in [3.8, 4) is 0 Å². The SMILES string of the molecule is Cc1nccnc1[S@](=O)C[C@H]1CCCCN1C(=O)OC(C)(C)C. The molecule has 2 rings (SSSR count). The Hall–Kier alpha value is -1.50. The van der Waals surface area contributed by atoms with Gasteiger partial charge >= 0.3 is 6.09 Å². The van der Waals surface area contributed by atoms with E-state index in [0.717, 1.165) is 19.3 Å². The maximum absolute atomic E-state index is 12.6. The van der Waals surface area contributed by atoms with Crippen LogP contribution in [0.1, 0.15) is 45.7 Å². The van der Waals surface area contributed by atoms with Gasteiger partial charge in [0.25, 0.3) is 0 Å². The Labute approximate surface area is 140 Å². The van der Waals surface area contributed by atoms with E-state index < -0.39 is 16.4 Å². The lowest BCUT2D eigenvalue weighted by Crippen LogP contribution is -2.48. The molecule has 1 fully saturated rings. The van der Waals surface area contributed by atoms with Gasteiger partial charge in [-0.05, 0) is 47.0 Å². The number of carbonyl (C=O) groups is 1. The summed E-state index contributed by atoms with van der Waals surface area (Å²) in [6.07, 6.45) is 5.63. The minimum atomic E-state index is -1.28. The molecule has 2 atom stereocenters. The van der Waals surface area contributed by atoms with E-state index in [0.29, 0.717) is 23.0 Å². The maximum atomic E-state index is 12.6. The van der Waals surface area contributed by atoms with Crippen LogP contribution in [0, 0.1) is 6.92 Å². The first-order valence-corrected chi connectivity index (χ1v) is 9.25. The Balaban J connectivity index is 2.08. The first-order valence-electron chi connectivity index (χ1n) is 7.93. The highest BCUT2D eigenvalue weighted by Crippen LogP contribution is 2.22. The molecule has 1 aromatic heterocycles. The number of rotatable bonds is 3. The van der Waals surface area contributed by atoms with Crippen molar-refractivity contribution in [1.29, 1.82) is 0 Å². The van der Waals surface area contributed by atoms with Gasteiger partial charge < -0.3 is 9.64 Å². The fourth-order valence-electron chi connectivity index (χ4n) is 2.61. The van der Waals surface area contributed by atoms with Crippen LogP contribution in [0.4, 0.5) is 4.79 Å². The molecular formula is C16H25N3O3S. The van der Waals surface area contributed by atoms with Gasteiger partial charge in [0.1, 0.15) is 10.6 Å². The molecule has 0 aliphatic carbocycles. The zero-order valence-corrected chi connectivity index (χ0v) is 15.1. The number of carbonyl (C=O) groups excluding carboxylic acids is 1. The van der Waals surface area contributed by atoms with Gasteiger partial charge in [0.05, 0.1) is 22.2 Å². The lowest BCUT2D eigenvalue weighted by atomic mass is 10.0. The van der Waals surface area contributed by atoms with Crippen molar-refractivity contribution in [3.05, 3.63) is 18.1 Å². The lowest BCUT2D eigenvalue weighted by Gasteiger charge is -2.36. The quantitative estimate of drug-likeness (QED) is 0.846. The molecule has 1 amide bonds. The minimum absolute atomic E-state index is 0.0826. The molecule has 23 heavy (non-hydrogen) atoms. The highest BCUT2D eigenvalue weighted by atomic mass is 32.2. The van der Waals surface area contributed by atoms with Crippen molar-refractivity contribution < 1.29 is 13.7 Å². The standard InChI is InChI=1S/C16H25N3O3S/c1-12-14(18-9-8-17-12)23(21)11-13-7-5-6-10-19(13)15(20)22-16(2,3)4/h8-9,13H,5-7,10-11H2,1-4H3/t13-,23-/m1/s1. The van der Waals surface area contributed by atoms with Crippen molar-refractivity contribution in [2.24, 2.45) is 0 Å². The number of nitrogens with zero attached hydrogens (tertiary/aromatic N) is 3. The molecule has 128 valence electrons. The Morgan fingerprint density at radius 1 is 1.35 bits per heavy atom. The Morgan fingerprint density at radius 3 is 2.70 bits per heavy atom. The second-order valence-electron chi connectivity index (χ2n) is 6.78. The molecule has 6 nitrogen and oxygen atoms in total. The van der Waals surface area contributed by atoms with E-state index in [-0.39, 0.29) is 12.1 Å². The smallest absolute Gasteiger partial charge is 0.410 e. The monoisotopic (exact) mass is 339 g/mol. The predicted octanol–water partition coefficient (Wildman–Crippen LogP) is 2.68. The average molecular weight is 339 g/mol. The fourth-order valence-corrected chi connectivity index (χ4v) is 4.02. The van der Waals surface area contributed by atoms with Crippen LogP contribution in [0.3, 0.4) is 0 Å². The third kappa shape index (κ3) is 4.99. The molecule has 2 heterocycles. The van der Waals surface area contributed by atoms with Gasteiger partial charge in [-0.1, -0.05) is 0 Å². The minimum Gasteiger partial charge on any atom is -0.444 e. The fraction of sp³-hybridized carbons (Fsp3) is 0.688. The maximum Gasteiger partial charge on any atom is 0.410 e. The molecule has 0 spiro atoms. The molecule has 0 aromatic carbocycles. The van der Waals surface area contributed by atoms with E-state index in [9.17, 15) is 9.00 Å². The summed E-state index contributed by atoms with van der Waals surface area (Å²) >= 11 is 0. The van der Waals surface area contributed by atoms with Gasteiger partial charge in [0.15, 0.2) is 0 Å². The third-order valence-corrected chi connectivity index (χ3v) is 5.17. The molecule has 7 heteroatoms. The molecule has 0 saturated carbocycles. The van der Waals surface area contributed by atoms with E-state index in [1.54, 1.807) is 24.2 Å². The van der Waals surface area contributed by atoms with Crippen LogP contribution in [-0.2, 0) is 15.5 Å². The third-order valence-electron chi connectivity index (χ3n) is 3.65. The zero-order valence-electron chi connectivity index (χ0n) is 14.2. The van der Waals surface area contributed by atoms with Crippen molar-refractivity contribution in [1.82, 2.24) is 14.9 Å². The predicted molar refractivity (Wildman–Crippen MR) is 88.6 cm³/mol. The molecule has 0 radical (unpaired) electrons. The largest absolute Gasteiger partial charge is 0.444 e. The highest BCUT2D eigenvalue weighted by molar-refractivity contribution is 7.85. The van der Waals surface area contributed by atoms with Gasteiger partial charge in [0, 0.05) is 25.0 Å². The van der Waals surface area contributed by atoms with Crippen LogP contribution in [0.5, 0.6) is 0 Å². The van der Waals surface area contributed by atoms with Crippen molar-refractivity contribution in [2.75, 3.05) is 12.3 Å². The number of piperidine rings is 1. The second-order valence-corrected chi connectivity index (χ2v) is 8.19. The molecule has 1 aromatic rings. The van der Waals surface area contributed by atoms with E-state index in [1.807, 2.05) is 20.8 Å². The molecule has 0 unspecified atom stereocenters. The van der Waals surface area contributed by atoms with Gasteiger partial charge in [-0.25, -0.2) is 9.78 Å². The van der Waals surface area contributed by atoms with Crippen LogP contribution >= 0.6 is 0 Å². The number of hydrogen-bond donors (Lipinski definition) is 0. The Kier molecular flexibility index (Phi) is 5.73. The zero-order chi connectivity index (χ0) is 17.0. The molecular weight excluding hydrogens is 314 g/mol. The van der Waals surface area contributed by atoms with Crippen molar-refractivity contribution in [3.63, 3.8) is 0 Å². The van der Waals surface area contributed by atoms with Crippen LogP contribution in [0.2, 0.25) is 0 Å². The van der Waals surface area contributed by atoms with Gasteiger partial charge in [-0.3, -0.25) is 9.19 Å². The van der Waals surface area contributed by atoms with E-state index >= 15 is 0 Å². The van der Waals surface area contributed by atoms with Crippen molar-refractivity contribution >= 4 is 16.9 Å². The summed E-state index contributed by atoms with van der Waals surface area (Å²) in [6.45, 7) is 8.00. The second kappa shape index (κ2) is 7.38. The molecule has 1 aliphatic heterocycles. The summed E-state index contributed by atoms with van der Waals surface area (Å²) in [5.74, 6) is 0.374. The molecule has 0 bridgehead atoms. The molecule has 1 aliphatic rings. The summed E-state index contributed by atoms with van der Waals surface area (Å²) in [5.41, 5.74) is 0.144. The van der Waals surface area contributed by atoms with Gasteiger partial charge in [0.2, 0.25) is 0 Å². The van der Waals surface area contributed by atoms with Crippen LogP contribution in [0.15, 0.2) is 17.4 Å². The summed E-state index contributed by atoms with van der Waals surface area (Å²) in [6, 6.07) is -0.0826. The normalized spacial score (nSPS) is 20.2. The highest BCUT2D eigenvalue weighted by Gasteiger charge is 2.32. The van der Waals surface area contributed by atoms with Crippen LogP contribution < -0.4 is 0 Å². The number of ether oxygens (including phenoxy) is 1. The summed E-state index contributed by atoms with van der Waals surface area (Å²) in [4.78, 5) is 22.4. The topological polar surface area (TPSA) is 72.4 Å². The number of likely N-dealkylation sites (tertiary alicyclic amines) is 1. The first kappa shape index (κ1) is 17.8. The average Bonchev–Trinajstić information content (AvgIpc) is 2.46. The summed E-state index contributed by atoms with van der Waals surface area (Å²) in [5, 5.41) is 0.502. The van der Waals surface area contributed by atoms with E-state index in [1.165, 1.54) is 0 Å². The number of aromatic nitrogens is 2. The molecule has 1 saturated heterocycles. The lowest BCUT2D eigenvalue weighted by molar-refractivity contribution is 0.0125. The number of hydrogen-bond acceptors (Lipinski definition) is 5. The van der Waals surface area contributed by atoms with Gasteiger partial charge in [-0.2, -0.15) is 0 Å². The number of amides is 1. The van der Waals surface area contributed by atoms with E-state index in [4.69, 9.17) is 4.74 Å². The van der Waals surface area contributed by atoms with Gasteiger partial charge in [-0.15, -0.1) is 0 Å². The summed E-state index contributed by atoms with van der Waals surface area (Å²) < 4.78 is 18.1. The van der Waals surface area contributed by atoms with Crippen LogP contribution in [-0.4, -0.2) is 49.1 Å². The first-order chi connectivity index (χ1) is 10.8. The van der Waals surface area contributed by atoms with Crippen molar-refractivity contribution in [2.45, 2.75) is 63.6 Å². The Bertz CT molecular complexity index is 586. The Morgan fingerprint density at radius 2 is 2.04 bits per heavy atom. The van der Waals surface area contributed by atoms with Crippen LogP contribution in [0.25, 0.3) is 0 Å². The number of aryl methyl sites for hydroxylation is 1. The molecule has 0 N–H and O–H groups in total.